The molecule has 1 aliphatic carbocycles. The maximum absolute atomic E-state index is 5.80. The van der Waals surface area contributed by atoms with Crippen molar-refractivity contribution in [1.82, 2.24) is 10.6 Å². The van der Waals surface area contributed by atoms with Gasteiger partial charge in [0.15, 0.2) is 5.96 Å². The Kier molecular flexibility index (Phi) is 9.41. The summed E-state index contributed by atoms with van der Waals surface area (Å²) in [5, 5.41) is 6.94. The first-order valence-electron chi connectivity index (χ1n) is 9.59. The summed E-state index contributed by atoms with van der Waals surface area (Å²) in [4.78, 5) is 4.69. The van der Waals surface area contributed by atoms with E-state index in [1.807, 2.05) is 0 Å². The van der Waals surface area contributed by atoms with Gasteiger partial charge in [0.1, 0.15) is 0 Å². The molecule has 0 aromatic heterocycles. The second-order valence-electron chi connectivity index (χ2n) is 6.72. The van der Waals surface area contributed by atoms with E-state index in [1.54, 1.807) is 0 Å². The van der Waals surface area contributed by atoms with Crippen LogP contribution >= 0.6 is 0 Å². The van der Waals surface area contributed by atoms with Crippen LogP contribution in [0, 0.1) is 5.92 Å². The Morgan fingerprint density at radius 3 is 2.65 bits per heavy atom. The first-order chi connectivity index (χ1) is 11.4. The molecule has 1 saturated heterocycles. The molecule has 0 amide bonds. The van der Waals surface area contributed by atoms with Gasteiger partial charge in [0.25, 0.3) is 0 Å². The zero-order valence-electron chi connectivity index (χ0n) is 14.8. The van der Waals surface area contributed by atoms with Crippen LogP contribution < -0.4 is 10.6 Å². The summed E-state index contributed by atoms with van der Waals surface area (Å²) >= 11 is 0. The molecular weight excluding hydrogens is 290 g/mol. The van der Waals surface area contributed by atoms with Crippen LogP contribution in [0.3, 0.4) is 0 Å². The van der Waals surface area contributed by atoms with Crippen LogP contribution in [-0.2, 0) is 9.47 Å². The Bertz CT molecular complexity index is 324. The Labute approximate surface area is 141 Å². The highest BCUT2D eigenvalue weighted by molar-refractivity contribution is 5.80. The van der Waals surface area contributed by atoms with E-state index in [-0.39, 0.29) is 0 Å². The maximum atomic E-state index is 5.80. The van der Waals surface area contributed by atoms with Gasteiger partial charge in [0.2, 0.25) is 0 Å². The molecule has 0 aromatic carbocycles. The van der Waals surface area contributed by atoms with Gasteiger partial charge in [-0.25, -0.2) is 0 Å². The van der Waals surface area contributed by atoms with E-state index in [0.717, 1.165) is 64.7 Å². The molecule has 2 fully saturated rings. The Morgan fingerprint density at radius 1 is 1.13 bits per heavy atom. The first kappa shape index (κ1) is 18.5. The van der Waals surface area contributed by atoms with Gasteiger partial charge in [0.05, 0.1) is 0 Å². The van der Waals surface area contributed by atoms with Crippen molar-refractivity contribution in [1.29, 1.82) is 0 Å². The molecule has 0 aromatic rings. The summed E-state index contributed by atoms with van der Waals surface area (Å²) in [6, 6.07) is 0.603. The summed E-state index contributed by atoms with van der Waals surface area (Å²) in [5.74, 6) is 1.67. The van der Waals surface area contributed by atoms with E-state index < -0.39 is 0 Å². The molecule has 0 bridgehead atoms. The minimum absolute atomic E-state index is 0.603. The van der Waals surface area contributed by atoms with Gasteiger partial charge in [-0.15, -0.1) is 0 Å². The van der Waals surface area contributed by atoms with Crippen LogP contribution in [0.4, 0.5) is 0 Å². The third-order valence-corrected chi connectivity index (χ3v) is 4.70. The molecular formula is C18H35N3O2. The molecule has 0 spiro atoms. The SMILES string of the molecule is CCNC(=NCCCOCC1CCOCC1)NC1CCCCC1. The molecule has 134 valence electrons. The predicted molar refractivity (Wildman–Crippen MR) is 95.0 cm³/mol. The van der Waals surface area contributed by atoms with Crippen molar-refractivity contribution >= 4 is 5.96 Å². The topological polar surface area (TPSA) is 54.9 Å². The van der Waals surface area contributed by atoms with Gasteiger partial charge in [-0.1, -0.05) is 19.3 Å². The number of hydrogen-bond acceptors (Lipinski definition) is 3. The lowest BCUT2D eigenvalue weighted by Crippen LogP contribution is -2.44. The van der Waals surface area contributed by atoms with E-state index in [0.29, 0.717) is 12.0 Å². The minimum atomic E-state index is 0.603. The van der Waals surface area contributed by atoms with Crippen LogP contribution in [0.2, 0.25) is 0 Å². The van der Waals surface area contributed by atoms with Crippen LogP contribution in [0.25, 0.3) is 0 Å². The summed E-state index contributed by atoms with van der Waals surface area (Å²) in [6.07, 6.45) is 9.91. The van der Waals surface area contributed by atoms with E-state index in [2.05, 4.69) is 22.5 Å². The molecule has 5 nitrogen and oxygen atoms in total. The zero-order valence-corrected chi connectivity index (χ0v) is 14.8. The van der Waals surface area contributed by atoms with Gasteiger partial charge < -0.3 is 20.1 Å². The Hall–Kier alpha value is -0.810. The van der Waals surface area contributed by atoms with Crippen molar-refractivity contribution < 1.29 is 9.47 Å². The number of nitrogens with one attached hydrogen (secondary N) is 2. The number of rotatable bonds is 8. The van der Waals surface area contributed by atoms with Gasteiger partial charge in [-0.2, -0.15) is 0 Å². The lowest BCUT2D eigenvalue weighted by Gasteiger charge is -2.25. The number of ether oxygens (including phenoxy) is 2. The van der Waals surface area contributed by atoms with Crippen LogP contribution in [0.15, 0.2) is 4.99 Å². The number of guanidine groups is 1. The second-order valence-corrected chi connectivity index (χ2v) is 6.72. The largest absolute Gasteiger partial charge is 0.381 e. The molecule has 1 saturated carbocycles. The quantitative estimate of drug-likeness (QED) is 0.409. The third-order valence-electron chi connectivity index (χ3n) is 4.70. The van der Waals surface area contributed by atoms with Crippen LogP contribution in [0.5, 0.6) is 0 Å². The molecule has 2 rings (SSSR count). The smallest absolute Gasteiger partial charge is 0.191 e. The molecule has 1 aliphatic heterocycles. The van der Waals surface area contributed by atoms with Crippen molar-refractivity contribution in [2.24, 2.45) is 10.9 Å². The molecule has 2 N–H and O–H groups in total. The van der Waals surface area contributed by atoms with Gasteiger partial charge >= 0.3 is 0 Å². The molecule has 1 heterocycles. The number of hydrogen-bond donors (Lipinski definition) is 2. The van der Waals surface area contributed by atoms with E-state index in [1.165, 1.54) is 32.1 Å². The van der Waals surface area contributed by atoms with Gasteiger partial charge in [-0.3, -0.25) is 4.99 Å². The van der Waals surface area contributed by atoms with Crippen LogP contribution in [0.1, 0.15) is 58.3 Å². The molecule has 0 radical (unpaired) electrons. The number of nitrogens with zero attached hydrogens (tertiary/aromatic N) is 1. The lowest BCUT2D eigenvalue weighted by atomic mass is 9.96. The normalized spacial score (nSPS) is 21.3. The van der Waals surface area contributed by atoms with Gasteiger partial charge in [0, 0.05) is 45.6 Å². The fourth-order valence-electron chi connectivity index (χ4n) is 3.28. The fourth-order valence-corrected chi connectivity index (χ4v) is 3.28. The molecule has 2 aliphatic rings. The summed E-state index contributed by atoms with van der Waals surface area (Å²) in [5.41, 5.74) is 0. The Balaban J connectivity index is 1.56. The number of aliphatic imine (C=N–C) groups is 1. The third kappa shape index (κ3) is 8.02. The first-order valence-corrected chi connectivity index (χ1v) is 9.59. The average Bonchev–Trinajstić information content (AvgIpc) is 2.60. The Morgan fingerprint density at radius 2 is 1.91 bits per heavy atom. The van der Waals surface area contributed by atoms with E-state index in [4.69, 9.17) is 9.47 Å². The minimum Gasteiger partial charge on any atom is -0.381 e. The highest BCUT2D eigenvalue weighted by atomic mass is 16.5. The maximum Gasteiger partial charge on any atom is 0.191 e. The van der Waals surface area contributed by atoms with Crippen molar-refractivity contribution in [2.45, 2.75) is 64.3 Å². The summed E-state index contributed by atoms with van der Waals surface area (Å²) < 4.78 is 11.2. The highest BCUT2D eigenvalue weighted by Crippen LogP contribution is 2.17. The monoisotopic (exact) mass is 325 g/mol. The summed E-state index contributed by atoms with van der Waals surface area (Å²) in [7, 11) is 0. The van der Waals surface area contributed by atoms with Crippen molar-refractivity contribution in [2.75, 3.05) is 39.5 Å². The van der Waals surface area contributed by atoms with Crippen molar-refractivity contribution in [3.63, 3.8) is 0 Å². The molecule has 23 heavy (non-hydrogen) atoms. The zero-order chi connectivity index (χ0) is 16.2. The van der Waals surface area contributed by atoms with Crippen LogP contribution in [-0.4, -0.2) is 51.5 Å². The van der Waals surface area contributed by atoms with E-state index >= 15 is 0 Å². The van der Waals surface area contributed by atoms with Gasteiger partial charge in [-0.05, 0) is 44.9 Å². The fraction of sp³-hybridized carbons (Fsp3) is 0.944. The standard InChI is InChI=1S/C18H35N3O2/c1-2-19-18(21-17-7-4-3-5-8-17)20-11-6-12-23-15-16-9-13-22-14-10-16/h16-17H,2-15H2,1H3,(H2,19,20,21). The van der Waals surface area contributed by atoms with Crippen molar-refractivity contribution in [3.05, 3.63) is 0 Å². The average molecular weight is 325 g/mol. The molecule has 0 unspecified atom stereocenters. The summed E-state index contributed by atoms with van der Waals surface area (Å²) in [6.45, 7) is 7.36. The molecule has 5 heteroatoms. The predicted octanol–water partition coefficient (Wildman–Crippen LogP) is 2.71. The van der Waals surface area contributed by atoms with E-state index in [9.17, 15) is 0 Å². The lowest BCUT2D eigenvalue weighted by molar-refractivity contribution is 0.0205. The second kappa shape index (κ2) is 11.7. The highest BCUT2D eigenvalue weighted by Gasteiger charge is 2.14. The molecule has 0 atom stereocenters. The van der Waals surface area contributed by atoms with Crippen molar-refractivity contribution in [3.8, 4) is 0 Å².